The second-order valence-corrected chi connectivity index (χ2v) is 3.51. The zero-order valence-electron chi connectivity index (χ0n) is 9.98. The van der Waals surface area contributed by atoms with Gasteiger partial charge in [0, 0.05) is 12.7 Å². The van der Waals surface area contributed by atoms with Gasteiger partial charge in [0.1, 0.15) is 12.7 Å². The van der Waals surface area contributed by atoms with Crippen molar-refractivity contribution in [3.8, 4) is 11.9 Å². The number of nitrogens with zero attached hydrogens (tertiary/aromatic N) is 2. The van der Waals surface area contributed by atoms with Crippen LogP contribution in [0.5, 0.6) is 5.88 Å². The largest absolute Gasteiger partial charge is 0.475 e. The molecule has 5 heteroatoms. The number of nitriles is 1. The predicted octanol–water partition coefficient (Wildman–Crippen LogP) is 1.73. The fourth-order valence-electron chi connectivity index (χ4n) is 1.18. The molecule has 1 heterocycles. The topological polar surface area (TPSA) is 81.2 Å². The fourth-order valence-corrected chi connectivity index (χ4v) is 1.18. The second kappa shape index (κ2) is 7.47. The molecule has 0 bridgehead atoms. The quantitative estimate of drug-likeness (QED) is 0.728. The maximum atomic E-state index is 8.74. The first-order valence-electron chi connectivity index (χ1n) is 5.65. The lowest BCUT2D eigenvalue weighted by Gasteiger charge is -2.06. The Morgan fingerprint density at radius 1 is 1.35 bits per heavy atom. The SMILES string of the molecule is CCCCOCCOc1ccc(N)c(C#N)n1. The molecular formula is C12H17N3O2. The molecule has 92 valence electrons. The molecule has 0 aliphatic heterocycles. The minimum absolute atomic E-state index is 0.189. The number of hydrogen-bond donors (Lipinski definition) is 1. The van der Waals surface area contributed by atoms with Crippen LogP contribution in [-0.2, 0) is 4.74 Å². The molecule has 0 aromatic carbocycles. The monoisotopic (exact) mass is 235 g/mol. The third kappa shape index (κ3) is 4.70. The van der Waals surface area contributed by atoms with Gasteiger partial charge in [-0.05, 0) is 12.5 Å². The van der Waals surface area contributed by atoms with Gasteiger partial charge >= 0.3 is 0 Å². The molecule has 0 amide bonds. The summed E-state index contributed by atoms with van der Waals surface area (Å²) in [5, 5.41) is 8.74. The standard InChI is InChI=1S/C12H17N3O2/c1-2-3-6-16-7-8-17-12-5-4-10(14)11(9-13)15-12/h4-5H,2-3,6-8,14H2,1H3. The number of anilines is 1. The van der Waals surface area contributed by atoms with Gasteiger partial charge < -0.3 is 15.2 Å². The lowest BCUT2D eigenvalue weighted by Crippen LogP contribution is -2.08. The minimum Gasteiger partial charge on any atom is -0.475 e. The number of nitrogen functional groups attached to an aromatic ring is 1. The molecule has 2 N–H and O–H groups in total. The molecule has 1 rings (SSSR count). The van der Waals surface area contributed by atoms with Crippen LogP contribution in [0.1, 0.15) is 25.5 Å². The van der Waals surface area contributed by atoms with Crippen molar-refractivity contribution in [2.75, 3.05) is 25.6 Å². The van der Waals surface area contributed by atoms with Gasteiger partial charge in [-0.15, -0.1) is 0 Å². The molecule has 0 aliphatic carbocycles. The Kier molecular flexibility index (Phi) is 5.83. The molecule has 0 fully saturated rings. The second-order valence-electron chi connectivity index (χ2n) is 3.51. The van der Waals surface area contributed by atoms with Crippen molar-refractivity contribution in [1.29, 1.82) is 5.26 Å². The van der Waals surface area contributed by atoms with E-state index in [-0.39, 0.29) is 5.69 Å². The predicted molar refractivity (Wildman–Crippen MR) is 64.6 cm³/mol. The highest BCUT2D eigenvalue weighted by Gasteiger charge is 2.02. The molecule has 0 saturated heterocycles. The fraction of sp³-hybridized carbons (Fsp3) is 0.500. The molecule has 1 aromatic rings. The first-order chi connectivity index (χ1) is 8.27. The highest BCUT2D eigenvalue weighted by Crippen LogP contribution is 2.13. The number of aromatic nitrogens is 1. The summed E-state index contributed by atoms with van der Waals surface area (Å²) in [7, 11) is 0. The summed E-state index contributed by atoms with van der Waals surface area (Å²) < 4.78 is 10.7. The van der Waals surface area contributed by atoms with Gasteiger partial charge in [0.15, 0.2) is 5.69 Å². The molecule has 0 spiro atoms. The summed E-state index contributed by atoms with van der Waals surface area (Å²) in [5.74, 6) is 0.398. The van der Waals surface area contributed by atoms with Crippen LogP contribution in [0.2, 0.25) is 0 Å². The minimum atomic E-state index is 0.189. The van der Waals surface area contributed by atoms with Gasteiger partial charge in [-0.2, -0.15) is 5.26 Å². The van der Waals surface area contributed by atoms with Crippen LogP contribution in [0.15, 0.2) is 12.1 Å². The van der Waals surface area contributed by atoms with Gasteiger partial charge in [-0.3, -0.25) is 0 Å². The van der Waals surface area contributed by atoms with E-state index in [0.717, 1.165) is 19.4 Å². The summed E-state index contributed by atoms with van der Waals surface area (Å²) in [6.45, 7) is 3.81. The zero-order valence-corrected chi connectivity index (χ0v) is 9.98. The van der Waals surface area contributed by atoms with Crippen molar-refractivity contribution in [2.24, 2.45) is 0 Å². The molecule has 17 heavy (non-hydrogen) atoms. The molecule has 0 aliphatic rings. The van der Waals surface area contributed by atoms with Crippen molar-refractivity contribution in [2.45, 2.75) is 19.8 Å². The van der Waals surface area contributed by atoms with E-state index in [4.69, 9.17) is 20.5 Å². The number of hydrogen-bond acceptors (Lipinski definition) is 5. The molecule has 0 unspecified atom stereocenters. The van der Waals surface area contributed by atoms with Crippen molar-refractivity contribution in [1.82, 2.24) is 4.98 Å². The highest BCUT2D eigenvalue weighted by molar-refractivity contribution is 5.50. The Morgan fingerprint density at radius 2 is 2.18 bits per heavy atom. The Balaban J connectivity index is 2.30. The van der Waals surface area contributed by atoms with Crippen LogP contribution in [0, 0.1) is 11.3 Å². The van der Waals surface area contributed by atoms with E-state index in [1.165, 1.54) is 0 Å². The van der Waals surface area contributed by atoms with E-state index >= 15 is 0 Å². The summed E-state index contributed by atoms with van der Waals surface area (Å²) >= 11 is 0. The van der Waals surface area contributed by atoms with Crippen LogP contribution in [0.4, 0.5) is 5.69 Å². The Morgan fingerprint density at radius 3 is 2.88 bits per heavy atom. The molecule has 0 atom stereocenters. The summed E-state index contributed by atoms with van der Waals surface area (Å²) in [6, 6.07) is 5.16. The van der Waals surface area contributed by atoms with Gasteiger partial charge in [0.2, 0.25) is 5.88 Å². The van der Waals surface area contributed by atoms with Crippen LogP contribution >= 0.6 is 0 Å². The maximum absolute atomic E-state index is 8.74. The number of rotatable bonds is 7. The van der Waals surface area contributed by atoms with Gasteiger partial charge in [0.25, 0.3) is 0 Å². The van der Waals surface area contributed by atoms with E-state index in [2.05, 4.69) is 11.9 Å². The Bertz CT molecular complexity index is 388. The lowest BCUT2D eigenvalue weighted by atomic mass is 10.3. The summed E-state index contributed by atoms with van der Waals surface area (Å²) in [6.07, 6.45) is 2.17. The Hall–Kier alpha value is -1.80. The van der Waals surface area contributed by atoms with Crippen LogP contribution in [-0.4, -0.2) is 24.8 Å². The van der Waals surface area contributed by atoms with E-state index in [0.29, 0.717) is 24.8 Å². The van der Waals surface area contributed by atoms with E-state index in [1.54, 1.807) is 12.1 Å². The highest BCUT2D eigenvalue weighted by atomic mass is 16.5. The number of ether oxygens (including phenoxy) is 2. The Labute approximate surface area is 101 Å². The molecule has 0 radical (unpaired) electrons. The van der Waals surface area contributed by atoms with Crippen molar-refractivity contribution < 1.29 is 9.47 Å². The van der Waals surface area contributed by atoms with Crippen molar-refractivity contribution in [3.63, 3.8) is 0 Å². The average molecular weight is 235 g/mol. The van der Waals surface area contributed by atoms with E-state index in [1.807, 2.05) is 6.07 Å². The van der Waals surface area contributed by atoms with E-state index < -0.39 is 0 Å². The smallest absolute Gasteiger partial charge is 0.214 e. The summed E-state index contributed by atoms with van der Waals surface area (Å²) in [4.78, 5) is 3.96. The summed E-state index contributed by atoms with van der Waals surface area (Å²) in [5.41, 5.74) is 6.09. The number of unbranched alkanes of at least 4 members (excludes halogenated alkanes) is 1. The van der Waals surface area contributed by atoms with Gasteiger partial charge in [0.05, 0.1) is 12.3 Å². The molecule has 0 saturated carbocycles. The third-order valence-corrected chi connectivity index (χ3v) is 2.13. The zero-order chi connectivity index (χ0) is 12.5. The first kappa shape index (κ1) is 13.3. The maximum Gasteiger partial charge on any atom is 0.214 e. The number of pyridine rings is 1. The normalized spacial score (nSPS) is 9.88. The lowest BCUT2D eigenvalue weighted by molar-refractivity contribution is 0.0965. The molecule has 5 nitrogen and oxygen atoms in total. The van der Waals surface area contributed by atoms with Crippen LogP contribution in [0.3, 0.4) is 0 Å². The van der Waals surface area contributed by atoms with E-state index in [9.17, 15) is 0 Å². The van der Waals surface area contributed by atoms with Crippen molar-refractivity contribution >= 4 is 5.69 Å². The van der Waals surface area contributed by atoms with Crippen molar-refractivity contribution in [3.05, 3.63) is 17.8 Å². The van der Waals surface area contributed by atoms with Gasteiger partial charge in [-0.25, -0.2) is 4.98 Å². The molecule has 1 aromatic heterocycles. The van der Waals surface area contributed by atoms with Crippen LogP contribution < -0.4 is 10.5 Å². The number of nitrogens with two attached hydrogens (primary N) is 1. The van der Waals surface area contributed by atoms with Gasteiger partial charge in [-0.1, -0.05) is 13.3 Å². The average Bonchev–Trinajstić information content (AvgIpc) is 2.35. The molecular weight excluding hydrogens is 218 g/mol. The first-order valence-corrected chi connectivity index (χ1v) is 5.65. The van der Waals surface area contributed by atoms with Crippen LogP contribution in [0.25, 0.3) is 0 Å². The third-order valence-electron chi connectivity index (χ3n) is 2.13.